The van der Waals surface area contributed by atoms with Crippen LogP contribution in [-0.4, -0.2) is 5.11 Å². The average Bonchev–Trinajstić information content (AvgIpc) is 1.99. The zero-order chi connectivity index (χ0) is 11.8. The highest BCUT2D eigenvalue weighted by molar-refractivity contribution is 5.37. The summed E-state index contributed by atoms with van der Waals surface area (Å²) in [6.45, 7) is 5.46. The second-order valence-electron chi connectivity index (χ2n) is 4.66. The molecule has 15 heavy (non-hydrogen) atoms. The molecule has 1 aromatic carbocycles. The van der Waals surface area contributed by atoms with E-state index in [4.69, 9.17) is 5.73 Å². The molecule has 0 unspecified atom stereocenters. The van der Waals surface area contributed by atoms with Crippen molar-refractivity contribution in [3.8, 4) is 5.75 Å². The number of hydrogen-bond acceptors (Lipinski definition) is 2. The van der Waals surface area contributed by atoms with Crippen LogP contribution in [-0.2, 0) is 0 Å². The molecule has 0 aliphatic carbocycles. The van der Waals surface area contributed by atoms with Crippen molar-refractivity contribution in [3.05, 3.63) is 29.3 Å². The largest absolute Gasteiger partial charge is 0.507 e. The quantitative estimate of drug-likeness (QED) is 0.756. The molecule has 0 heterocycles. The summed E-state index contributed by atoms with van der Waals surface area (Å²) in [6, 6.07) is 0.906. The van der Waals surface area contributed by atoms with Crippen LogP contribution in [0.5, 0.6) is 5.75 Å². The SMILES string of the molecule is CC(C)(C)[C@H](N)c1c(O)cc(F)cc1F. The molecule has 0 amide bonds. The van der Waals surface area contributed by atoms with E-state index >= 15 is 0 Å². The van der Waals surface area contributed by atoms with Crippen molar-refractivity contribution in [1.82, 2.24) is 0 Å². The van der Waals surface area contributed by atoms with Gasteiger partial charge in [-0.1, -0.05) is 20.8 Å². The molecule has 4 heteroatoms. The molecule has 1 atom stereocenters. The first-order valence-corrected chi connectivity index (χ1v) is 4.67. The lowest BCUT2D eigenvalue weighted by Gasteiger charge is -2.28. The fraction of sp³-hybridized carbons (Fsp3) is 0.455. The third-order valence-corrected chi connectivity index (χ3v) is 2.32. The van der Waals surface area contributed by atoms with Gasteiger partial charge in [0, 0.05) is 23.7 Å². The molecule has 0 bridgehead atoms. The molecule has 1 aromatic rings. The molecule has 3 N–H and O–H groups in total. The van der Waals surface area contributed by atoms with E-state index in [1.54, 1.807) is 0 Å². The maximum Gasteiger partial charge on any atom is 0.134 e. The van der Waals surface area contributed by atoms with Crippen molar-refractivity contribution in [2.24, 2.45) is 11.1 Å². The third-order valence-electron chi connectivity index (χ3n) is 2.32. The van der Waals surface area contributed by atoms with Gasteiger partial charge in [0.25, 0.3) is 0 Å². The van der Waals surface area contributed by atoms with E-state index in [1.165, 1.54) is 0 Å². The molecule has 0 aromatic heterocycles. The van der Waals surface area contributed by atoms with Gasteiger partial charge in [-0.2, -0.15) is 0 Å². The van der Waals surface area contributed by atoms with E-state index in [-0.39, 0.29) is 5.56 Å². The molecular weight excluding hydrogens is 200 g/mol. The Balaban J connectivity index is 3.26. The summed E-state index contributed by atoms with van der Waals surface area (Å²) < 4.78 is 26.1. The van der Waals surface area contributed by atoms with Crippen LogP contribution in [0.4, 0.5) is 8.78 Å². The Labute approximate surface area is 87.7 Å². The van der Waals surface area contributed by atoms with Gasteiger partial charge in [0.05, 0.1) is 0 Å². The number of halogens is 2. The van der Waals surface area contributed by atoms with Gasteiger partial charge in [-0.15, -0.1) is 0 Å². The zero-order valence-corrected chi connectivity index (χ0v) is 9.01. The van der Waals surface area contributed by atoms with Crippen LogP contribution in [0.2, 0.25) is 0 Å². The lowest BCUT2D eigenvalue weighted by Crippen LogP contribution is -2.27. The van der Waals surface area contributed by atoms with Crippen LogP contribution in [0.15, 0.2) is 12.1 Å². The third kappa shape index (κ3) is 2.45. The topological polar surface area (TPSA) is 46.2 Å². The van der Waals surface area contributed by atoms with Gasteiger partial charge in [0.15, 0.2) is 0 Å². The number of hydrogen-bond donors (Lipinski definition) is 2. The molecule has 0 saturated carbocycles. The maximum atomic E-state index is 13.4. The van der Waals surface area contributed by atoms with Crippen LogP contribution in [0.3, 0.4) is 0 Å². The lowest BCUT2D eigenvalue weighted by molar-refractivity contribution is 0.308. The summed E-state index contributed by atoms with van der Waals surface area (Å²) in [5, 5.41) is 9.45. The van der Waals surface area contributed by atoms with Gasteiger partial charge in [-0.3, -0.25) is 0 Å². The standard InChI is InChI=1S/C11H15F2NO/c1-11(2,3)10(14)9-7(13)4-6(12)5-8(9)15/h4-5,10,15H,14H2,1-3H3/t10-/m1/s1. The van der Waals surface area contributed by atoms with Gasteiger partial charge < -0.3 is 10.8 Å². The number of aromatic hydroxyl groups is 1. The molecule has 0 saturated heterocycles. The number of phenols is 1. The fourth-order valence-electron chi connectivity index (χ4n) is 1.31. The first kappa shape index (κ1) is 11.9. The highest BCUT2D eigenvalue weighted by atomic mass is 19.1. The number of nitrogens with two attached hydrogens (primary N) is 1. The molecule has 0 fully saturated rings. The van der Waals surface area contributed by atoms with E-state index in [2.05, 4.69) is 0 Å². The summed E-state index contributed by atoms with van der Waals surface area (Å²) in [5.74, 6) is -2.06. The Morgan fingerprint density at radius 1 is 1.27 bits per heavy atom. The van der Waals surface area contributed by atoms with Crippen LogP contribution in [0.1, 0.15) is 32.4 Å². The van der Waals surface area contributed by atoms with E-state index in [0.29, 0.717) is 0 Å². The second kappa shape index (κ2) is 3.77. The van der Waals surface area contributed by atoms with E-state index in [1.807, 2.05) is 20.8 Å². The second-order valence-corrected chi connectivity index (χ2v) is 4.66. The number of rotatable bonds is 1. The summed E-state index contributed by atoms with van der Waals surface area (Å²) >= 11 is 0. The van der Waals surface area contributed by atoms with Gasteiger partial charge >= 0.3 is 0 Å². The summed E-state index contributed by atoms with van der Waals surface area (Å²) in [4.78, 5) is 0. The van der Waals surface area contributed by atoms with Gasteiger partial charge in [-0.05, 0) is 5.41 Å². The monoisotopic (exact) mass is 215 g/mol. The smallest absolute Gasteiger partial charge is 0.134 e. The van der Waals surface area contributed by atoms with Gasteiger partial charge in [0.2, 0.25) is 0 Å². The van der Waals surface area contributed by atoms with Crippen LogP contribution < -0.4 is 5.73 Å². The molecule has 0 aliphatic rings. The summed E-state index contributed by atoms with van der Waals surface area (Å²) in [7, 11) is 0. The first-order valence-electron chi connectivity index (χ1n) is 4.67. The number of benzene rings is 1. The molecular formula is C11H15F2NO. The first-order chi connectivity index (χ1) is 6.73. The molecule has 0 radical (unpaired) electrons. The Morgan fingerprint density at radius 2 is 1.80 bits per heavy atom. The van der Waals surface area contributed by atoms with Crippen molar-refractivity contribution >= 4 is 0 Å². The molecule has 0 spiro atoms. The minimum Gasteiger partial charge on any atom is -0.507 e. The zero-order valence-electron chi connectivity index (χ0n) is 9.01. The van der Waals surface area contributed by atoms with Gasteiger partial charge in [-0.25, -0.2) is 8.78 Å². The van der Waals surface area contributed by atoms with Crippen LogP contribution in [0.25, 0.3) is 0 Å². The van der Waals surface area contributed by atoms with E-state index in [0.717, 1.165) is 12.1 Å². The minimum absolute atomic E-state index is 0.0381. The molecule has 1 rings (SSSR count). The van der Waals surface area contributed by atoms with Crippen molar-refractivity contribution < 1.29 is 13.9 Å². The number of phenolic OH excluding ortho intramolecular Hbond substituents is 1. The van der Waals surface area contributed by atoms with Crippen LogP contribution >= 0.6 is 0 Å². The highest BCUT2D eigenvalue weighted by Crippen LogP contribution is 2.36. The minimum atomic E-state index is -0.810. The molecule has 0 aliphatic heterocycles. The molecule has 84 valence electrons. The maximum absolute atomic E-state index is 13.4. The van der Waals surface area contributed by atoms with Crippen molar-refractivity contribution in [2.75, 3.05) is 0 Å². The van der Waals surface area contributed by atoms with Crippen molar-refractivity contribution in [1.29, 1.82) is 0 Å². The highest BCUT2D eigenvalue weighted by Gasteiger charge is 2.27. The predicted octanol–water partition coefficient (Wildman–Crippen LogP) is 2.72. The van der Waals surface area contributed by atoms with E-state index in [9.17, 15) is 13.9 Å². The van der Waals surface area contributed by atoms with Gasteiger partial charge in [0.1, 0.15) is 17.4 Å². The fourth-order valence-corrected chi connectivity index (χ4v) is 1.31. The lowest BCUT2D eigenvalue weighted by atomic mass is 9.82. The Morgan fingerprint density at radius 3 is 2.20 bits per heavy atom. The Bertz CT molecular complexity index is 348. The van der Waals surface area contributed by atoms with Crippen LogP contribution in [0, 0.1) is 17.0 Å². The summed E-state index contributed by atoms with van der Waals surface area (Å²) in [5.41, 5.74) is 5.36. The van der Waals surface area contributed by atoms with E-state index < -0.39 is 28.8 Å². The van der Waals surface area contributed by atoms with Crippen molar-refractivity contribution in [3.63, 3.8) is 0 Å². The predicted molar refractivity (Wildman–Crippen MR) is 54.4 cm³/mol. The normalized spacial score (nSPS) is 14.0. The van der Waals surface area contributed by atoms with Crippen molar-refractivity contribution in [2.45, 2.75) is 26.8 Å². The Kier molecular flexibility index (Phi) is 3.00. The molecule has 2 nitrogen and oxygen atoms in total. The Hall–Kier alpha value is -1.16. The average molecular weight is 215 g/mol. The summed E-state index contributed by atoms with van der Waals surface area (Å²) in [6.07, 6.45) is 0.